The maximum absolute atomic E-state index is 12.6. The number of carbonyl (C=O) groups is 2. The Morgan fingerprint density at radius 2 is 1.97 bits per heavy atom. The van der Waals surface area contributed by atoms with E-state index in [0.29, 0.717) is 30.2 Å². The van der Waals surface area contributed by atoms with E-state index in [1.165, 1.54) is 0 Å². The lowest BCUT2D eigenvalue weighted by atomic mass is 10.0. The van der Waals surface area contributed by atoms with Crippen LogP contribution >= 0.6 is 0 Å². The van der Waals surface area contributed by atoms with Gasteiger partial charge in [0, 0.05) is 38.5 Å². The fraction of sp³-hybridized carbons (Fsp3) is 0.435. The highest BCUT2D eigenvalue weighted by Crippen LogP contribution is 2.29. The molecule has 1 aliphatic heterocycles. The van der Waals surface area contributed by atoms with Gasteiger partial charge in [-0.2, -0.15) is 5.10 Å². The van der Waals surface area contributed by atoms with Crippen LogP contribution in [0.2, 0.25) is 0 Å². The van der Waals surface area contributed by atoms with Gasteiger partial charge in [0.2, 0.25) is 5.91 Å². The lowest BCUT2D eigenvalue weighted by Gasteiger charge is -2.31. The van der Waals surface area contributed by atoms with E-state index in [4.69, 9.17) is 9.47 Å². The van der Waals surface area contributed by atoms with E-state index in [-0.39, 0.29) is 24.0 Å². The largest absolute Gasteiger partial charge is 0.493 e. The predicted octanol–water partition coefficient (Wildman–Crippen LogP) is 2.65. The summed E-state index contributed by atoms with van der Waals surface area (Å²) in [6.45, 7) is 5.12. The van der Waals surface area contributed by atoms with Crippen LogP contribution in [0.1, 0.15) is 42.6 Å². The number of carbonyl (C=O) groups excluding carboxylic acids is 2. The van der Waals surface area contributed by atoms with E-state index in [1.807, 2.05) is 32.0 Å². The van der Waals surface area contributed by atoms with Gasteiger partial charge in [0.15, 0.2) is 11.5 Å². The van der Waals surface area contributed by atoms with Crippen molar-refractivity contribution in [1.82, 2.24) is 20.0 Å². The number of nitrogens with zero attached hydrogens (tertiary/aromatic N) is 3. The highest BCUT2D eigenvalue weighted by Gasteiger charge is 2.23. The predicted molar refractivity (Wildman–Crippen MR) is 118 cm³/mol. The Morgan fingerprint density at radius 1 is 1.23 bits per heavy atom. The fourth-order valence-electron chi connectivity index (χ4n) is 3.46. The zero-order valence-corrected chi connectivity index (χ0v) is 18.5. The first-order valence-electron chi connectivity index (χ1n) is 10.5. The summed E-state index contributed by atoms with van der Waals surface area (Å²) in [5.41, 5.74) is 1.41. The monoisotopic (exact) mass is 426 g/mol. The highest BCUT2D eigenvalue weighted by atomic mass is 16.5. The van der Waals surface area contributed by atoms with Crippen LogP contribution in [-0.4, -0.2) is 58.8 Å². The van der Waals surface area contributed by atoms with Crippen LogP contribution in [0.5, 0.6) is 11.5 Å². The molecule has 2 heterocycles. The molecule has 3 rings (SSSR count). The molecule has 1 aromatic heterocycles. The molecule has 2 amide bonds. The van der Waals surface area contributed by atoms with Crippen molar-refractivity contribution in [3.8, 4) is 11.5 Å². The van der Waals surface area contributed by atoms with Gasteiger partial charge >= 0.3 is 0 Å². The van der Waals surface area contributed by atoms with E-state index in [0.717, 1.165) is 18.4 Å². The molecule has 8 heteroatoms. The quantitative estimate of drug-likeness (QED) is 0.688. The van der Waals surface area contributed by atoms with Gasteiger partial charge in [-0.1, -0.05) is 6.07 Å². The molecular formula is C23H30N4O4. The Bertz CT molecular complexity index is 943. The second-order valence-corrected chi connectivity index (χ2v) is 7.89. The van der Waals surface area contributed by atoms with Crippen molar-refractivity contribution >= 4 is 17.9 Å². The number of methoxy groups -OCH3 is 1. The Labute approximate surface area is 182 Å². The number of aryl methyl sites for hydroxylation is 1. The Balaban J connectivity index is 1.51. The molecule has 0 aliphatic carbocycles. The molecule has 0 unspecified atom stereocenters. The second kappa shape index (κ2) is 10.1. The third-order valence-electron chi connectivity index (χ3n) is 5.08. The molecular weight excluding hydrogens is 396 g/mol. The van der Waals surface area contributed by atoms with Crippen LogP contribution in [0.3, 0.4) is 0 Å². The third-order valence-corrected chi connectivity index (χ3v) is 5.08. The number of benzene rings is 1. The van der Waals surface area contributed by atoms with E-state index in [9.17, 15) is 9.59 Å². The first-order chi connectivity index (χ1) is 14.9. The fourth-order valence-corrected chi connectivity index (χ4v) is 3.46. The minimum Gasteiger partial charge on any atom is -0.493 e. The van der Waals surface area contributed by atoms with E-state index in [2.05, 4.69) is 10.4 Å². The zero-order valence-electron chi connectivity index (χ0n) is 18.5. The van der Waals surface area contributed by atoms with E-state index in [1.54, 1.807) is 48.3 Å². The van der Waals surface area contributed by atoms with Gasteiger partial charge in [-0.05, 0) is 50.5 Å². The molecule has 1 aliphatic rings. The summed E-state index contributed by atoms with van der Waals surface area (Å²) in [4.78, 5) is 26.6. The molecule has 0 radical (unpaired) electrons. The molecule has 1 saturated heterocycles. The van der Waals surface area contributed by atoms with Crippen LogP contribution in [0.4, 0.5) is 0 Å². The average molecular weight is 427 g/mol. The number of ether oxygens (including phenoxy) is 2. The number of likely N-dealkylation sites (tertiary alicyclic amines) is 1. The van der Waals surface area contributed by atoms with Crippen molar-refractivity contribution < 1.29 is 19.1 Å². The van der Waals surface area contributed by atoms with Gasteiger partial charge in [-0.15, -0.1) is 0 Å². The number of rotatable bonds is 7. The van der Waals surface area contributed by atoms with Crippen LogP contribution in [0.25, 0.3) is 6.08 Å². The smallest absolute Gasteiger partial charge is 0.254 e. The summed E-state index contributed by atoms with van der Waals surface area (Å²) >= 11 is 0. The van der Waals surface area contributed by atoms with Gasteiger partial charge in [-0.3, -0.25) is 14.3 Å². The number of amides is 2. The molecule has 0 bridgehead atoms. The van der Waals surface area contributed by atoms with Gasteiger partial charge < -0.3 is 19.7 Å². The molecule has 1 N–H and O–H groups in total. The van der Waals surface area contributed by atoms with Crippen molar-refractivity contribution in [2.45, 2.75) is 38.8 Å². The third kappa shape index (κ3) is 6.10. The number of nitrogens with one attached hydrogen (secondary N) is 1. The van der Waals surface area contributed by atoms with Crippen molar-refractivity contribution in [2.24, 2.45) is 7.05 Å². The van der Waals surface area contributed by atoms with Gasteiger partial charge in [-0.25, -0.2) is 0 Å². The molecule has 0 atom stereocenters. The number of piperidine rings is 1. The molecule has 166 valence electrons. The molecule has 0 saturated carbocycles. The standard InChI is InChI=1S/C23H30N4O4/c1-16(2)31-20-7-5-17(13-21(20)30-4)6-8-22(28)27-11-9-19(10-12-27)25-23(29)18-14-24-26(3)15-18/h5-8,13-16,19H,9-12H2,1-4H3,(H,25,29)/b8-6+. The first kappa shape index (κ1) is 22.4. The second-order valence-electron chi connectivity index (χ2n) is 7.89. The van der Waals surface area contributed by atoms with Crippen LogP contribution in [-0.2, 0) is 11.8 Å². The van der Waals surface area contributed by atoms with Gasteiger partial charge in [0.25, 0.3) is 5.91 Å². The summed E-state index contributed by atoms with van der Waals surface area (Å²) in [7, 11) is 3.37. The van der Waals surface area contributed by atoms with Crippen LogP contribution in [0, 0.1) is 0 Å². The van der Waals surface area contributed by atoms with E-state index >= 15 is 0 Å². The maximum atomic E-state index is 12.6. The summed E-state index contributed by atoms with van der Waals surface area (Å²) in [6.07, 6.45) is 8.09. The number of hydrogen-bond donors (Lipinski definition) is 1. The van der Waals surface area contributed by atoms with E-state index < -0.39 is 0 Å². The van der Waals surface area contributed by atoms with Crippen molar-refractivity contribution in [1.29, 1.82) is 0 Å². The molecule has 1 fully saturated rings. The molecule has 31 heavy (non-hydrogen) atoms. The number of hydrogen-bond acceptors (Lipinski definition) is 5. The lowest BCUT2D eigenvalue weighted by Crippen LogP contribution is -2.46. The summed E-state index contributed by atoms with van der Waals surface area (Å²) in [6, 6.07) is 5.64. The topological polar surface area (TPSA) is 85.7 Å². The minimum atomic E-state index is -0.128. The number of aromatic nitrogens is 2. The highest BCUT2D eigenvalue weighted by molar-refractivity contribution is 5.94. The van der Waals surface area contributed by atoms with Crippen molar-refractivity contribution in [3.63, 3.8) is 0 Å². The summed E-state index contributed by atoms with van der Waals surface area (Å²) < 4.78 is 12.7. The SMILES string of the molecule is COc1cc(/C=C/C(=O)N2CCC(NC(=O)c3cnn(C)c3)CC2)ccc1OC(C)C. The normalized spacial score (nSPS) is 14.8. The molecule has 8 nitrogen and oxygen atoms in total. The maximum Gasteiger partial charge on any atom is 0.254 e. The molecule has 2 aromatic rings. The average Bonchev–Trinajstić information content (AvgIpc) is 3.19. The Hall–Kier alpha value is -3.29. The lowest BCUT2D eigenvalue weighted by molar-refractivity contribution is -0.126. The minimum absolute atomic E-state index is 0.0430. The van der Waals surface area contributed by atoms with Crippen molar-refractivity contribution in [2.75, 3.05) is 20.2 Å². The van der Waals surface area contributed by atoms with Crippen LogP contribution in [0.15, 0.2) is 36.7 Å². The molecule has 0 spiro atoms. The molecule has 1 aromatic carbocycles. The van der Waals surface area contributed by atoms with Gasteiger partial charge in [0.1, 0.15) is 0 Å². The van der Waals surface area contributed by atoms with Gasteiger partial charge in [0.05, 0.1) is 25.0 Å². The van der Waals surface area contributed by atoms with Crippen LogP contribution < -0.4 is 14.8 Å². The Kier molecular flexibility index (Phi) is 7.33. The van der Waals surface area contributed by atoms with Crippen molar-refractivity contribution in [3.05, 3.63) is 47.8 Å². The zero-order chi connectivity index (χ0) is 22.4. The summed E-state index contributed by atoms with van der Waals surface area (Å²) in [5, 5.41) is 7.04. The first-order valence-corrected chi connectivity index (χ1v) is 10.5. The Morgan fingerprint density at radius 3 is 2.58 bits per heavy atom. The summed E-state index contributed by atoms with van der Waals surface area (Å²) in [5.74, 6) is 1.14.